The van der Waals surface area contributed by atoms with E-state index < -0.39 is 5.97 Å². The third-order valence-electron chi connectivity index (χ3n) is 4.96. The Kier molecular flexibility index (Phi) is 11.2. The van der Waals surface area contributed by atoms with Gasteiger partial charge in [-0.25, -0.2) is 9.55 Å². The summed E-state index contributed by atoms with van der Waals surface area (Å²) in [5.41, 5.74) is 1.41. The molecular weight excluding hydrogens is 300 g/mol. The number of rotatable bonds is 15. The fourth-order valence-electron chi connectivity index (χ4n) is 3.19. The smallest absolute Gasteiger partial charge is 0.303 e. The van der Waals surface area contributed by atoms with Crippen molar-refractivity contribution in [3.63, 3.8) is 0 Å². The summed E-state index contributed by atoms with van der Waals surface area (Å²) in [5.74, 6) is 0.569. The summed E-state index contributed by atoms with van der Waals surface area (Å²) in [6.45, 7) is 2.11. The van der Waals surface area contributed by atoms with E-state index in [9.17, 15) is 4.79 Å². The van der Waals surface area contributed by atoms with Crippen LogP contribution in [0.5, 0.6) is 0 Å². The Balaban J connectivity index is 1.79. The van der Waals surface area contributed by atoms with E-state index in [-0.39, 0.29) is 0 Å². The summed E-state index contributed by atoms with van der Waals surface area (Å²) in [5, 5.41) is 8.56. The number of carbonyl (C=O) groups is 1. The molecular formula is C20H37N2O2+. The Morgan fingerprint density at radius 3 is 1.79 bits per heavy atom. The molecule has 1 heterocycles. The van der Waals surface area contributed by atoms with Crippen molar-refractivity contribution in [2.75, 3.05) is 0 Å². The monoisotopic (exact) mass is 337 g/mol. The summed E-state index contributed by atoms with van der Waals surface area (Å²) in [7, 11) is 2.13. The molecule has 138 valence electrons. The number of nitrogens with one attached hydrogen (secondary N) is 1. The van der Waals surface area contributed by atoms with Gasteiger partial charge in [0, 0.05) is 19.8 Å². The van der Waals surface area contributed by atoms with Gasteiger partial charge in [-0.3, -0.25) is 4.79 Å². The zero-order valence-electron chi connectivity index (χ0n) is 15.8. The van der Waals surface area contributed by atoms with Gasteiger partial charge < -0.3 is 5.11 Å². The number of aromatic amines is 1. The number of unbranched alkanes of at least 4 members (excludes halogenated alkanes) is 11. The molecule has 0 bridgehead atoms. The van der Waals surface area contributed by atoms with Crippen LogP contribution in [0.3, 0.4) is 0 Å². The van der Waals surface area contributed by atoms with E-state index in [1.54, 1.807) is 0 Å². The Labute approximate surface area is 147 Å². The first kappa shape index (κ1) is 20.7. The van der Waals surface area contributed by atoms with Gasteiger partial charge in [0.15, 0.2) is 0 Å². The van der Waals surface area contributed by atoms with E-state index in [4.69, 9.17) is 5.11 Å². The van der Waals surface area contributed by atoms with Gasteiger partial charge in [0.2, 0.25) is 0 Å². The predicted octanol–water partition coefficient (Wildman–Crippen LogP) is 4.85. The van der Waals surface area contributed by atoms with Gasteiger partial charge >= 0.3 is 5.97 Å². The number of carboxylic acid groups (broad SMARTS) is 1. The van der Waals surface area contributed by atoms with Crippen LogP contribution in [0.4, 0.5) is 0 Å². The van der Waals surface area contributed by atoms with E-state index in [2.05, 4.69) is 29.7 Å². The van der Waals surface area contributed by atoms with Gasteiger partial charge in [-0.05, 0) is 12.8 Å². The van der Waals surface area contributed by atoms with Gasteiger partial charge in [-0.15, -0.1) is 0 Å². The normalized spacial score (nSPS) is 11.1. The topological polar surface area (TPSA) is 57.0 Å². The fraction of sp³-hybridized carbons (Fsp3) is 0.800. The fourth-order valence-corrected chi connectivity index (χ4v) is 3.19. The first-order valence-corrected chi connectivity index (χ1v) is 9.86. The molecule has 0 aromatic carbocycles. The summed E-state index contributed by atoms with van der Waals surface area (Å²) >= 11 is 0. The summed E-state index contributed by atoms with van der Waals surface area (Å²) in [4.78, 5) is 13.7. The zero-order chi connectivity index (χ0) is 17.6. The molecule has 0 aliphatic heterocycles. The van der Waals surface area contributed by atoms with Crippen LogP contribution in [0, 0.1) is 6.92 Å². The molecule has 0 fully saturated rings. The van der Waals surface area contributed by atoms with Crippen molar-refractivity contribution >= 4 is 5.97 Å². The van der Waals surface area contributed by atoms with Crippen molar-refractivity contribution in [3.05, 3.63) is 17.7 Å². The highest BCUT2D eigenvalue weighted by molar-refractivity contribution is 5.66. The molecule has 4 nitrogen and oxygen atoms in total. The van der Waals surface area contributed by atoms with Crippen LogP contribution in [-0.4, -0.2) is 16.1 Å². The van der Waals surface area contributed by atoms with Crippen molar-refractivity contribution in [2.24, 2.45) is 7.05 Å². The Bertz CT molecular complexity index is 454. The molecule has 0 amide bonds. The maximum Gasteiger partial charge on any atom is 0.303 e. The number of nitrogens with zero attached hydrogens (tertiary/aromatic N) is 1. The predicted molar refractivity (Wildman–Crippen MR) is 98.1 cm³/mol. The molecule has 1 aromatic rings. The van der Waals surface area contributed by atoms with Crippen LogP contribution < -0.4 is 4.57 Å². The van der Waals surface area contributed by atoms with Crippen LogP contribution in [0.15, 0.2) is 6.20 Å². The van der Waals surface area contributed by atoms with Crippen molar-refractivity contribution in [2.45, 2.75) is 96.8 Å². The van der Waals surface area contributed by atoms with Crippen molar-refractivity contribution in [3.8, 4) is 0 Å². The summed E-state index contributed by atoms with van der Waals surface area (Å²) in [6, 6.07) is 0. The average Bonchev–Trinajstić information content (AvgIpc) is 2.87. The minimum absolute atomic E-state index is 0.335. The third kappa shape index (κ3) is 9.74. The first-order valence-electron chi connectivity index (χ1n) is 9.86. The van der Waals surface area contributed by atoms with Crippen LogP contribution >= 0.6 is 0 Å². The van der Waals surface area contributed by atoms with E-state index in [0.29, 0.717) is 6.42 Å². The second-order valence-corrected chi connectivity index (χ2v) is 7.06. The van der Waals surface area contributed by atoms with Crippen LogP contribution in [0.2, 0.25) is 0 Å². The molecule has 0 spiro atoms. The molecule has 0 saturated heterocycles. The lowest BCUT2D eigenvalue weighted by atomic mass is 10.0. The lowest BCUT2D eigenvalue weighted by molar-refractivity contribution is -0.683. The molecule has 2 N–H and O–H groups in total. The number of hydrogen-bond donors (Lipinski definition) is 2. The van der Waals surface area contributed by atoms with Gasteiger partial charge in [0.05, 0.1) is 7.05 Å². The Morgan fingerprint density at radius 1 is 0.917 bits per heavy atom. The molecule has 0 atom stereocenters. The number of aliphatic carboxylic acids is 1. The molecule has 24 heavy (non-hydrogen) atoms. The number of H-pyrrole nitrogens is 1. The molecule has 0 radical (unpaired) electrons. The Morgan fingerprint density at radius 2 is 1.38 bits per heavy atom. The number of hydrogen-bond acceptors (Lipinski definition) is 1. The lowest BCUT2D eigenvalue weighted by Crippen LogP contribution is -2.33. The number of carboxylic acids is 1. The molecule has 0 saturated carbocycles. The largest absolute Gasteiger partial charge is 0.481 e. The SMILES string of the molecule is Cc1[nH]cc(CCCCCCCCCCCCCCC(=O)O)[n+]1C. The Hall–Kier alpha value is -1.32. The molecule has 1 aromatic heterocycles. The highest BCUT2D eigenvalue weighted by atomic mass is 16.4. The van der Waals surface area contributed by atoms with E-state index in [1.807, 2.05) is 0 Å². The van der Waals surface area contributed by atoms with E-state index in [1.165, 1.54) is 82.1 Å². The van der Waals surface area contributed by atoms with Gasteiger partial charge in [0.1, 0.15) is 11.9 Å². The zero-order valence-corrected chi connectivity index (χ0v) is 15.8. The van der Waals surface area contributed by atoms with Gasteiger partial charge in [-0.2, -0.15) is 0 Å². The standard InChI is InChI=1S/C20H36N2O2/c1-18-21-17-19(22(18)2)15-13-11-9-7-5-3-4-6-8-10-12-14-16-20(23)24/h17H,3-16H2,1-2H3,(H,23,24)/p+1. The minimum Gasteiger partial charge on any atom is -0.481 e. The molecule has 0 aliphatic rings. The molecule has 4 heteroatoms. The number of aromatic nitrogens is 2. The summed E-state index contributed by atoms with van der Waals surface area (Å²) in [6.07, 6.45) is 18.8. The van der Waals surface area contributed by atoms with Crippen LogP contribution in [-0.2, 0) is 18.3 Å². The summed E-state index contributed by atoms with van der Waals surface area (Å²) < 4.78 is 2.25. The van der Waals surface area contributed by atoms with Crippen molar-refractivity contribution < 1.29 is 14.5 Å². The first-order chi connectivity index (χ1) is 11.6. The van der Waals surface area contributed by atoms with E-state index >= 15 is 0 Å². The van der Waals surface area contributed by atoms with E-state index in [0.717, 1.165) is 12.8 Å². The van der Waals surface area contributed by atoms with Crippen molar-refractivity contribution in [1.29, 1.82) is 0 Å². The quantitative estimate of drug-likeness (QED) is 0.355. The highest BCUT2D eigenvalue weighted by Gasteiger charge is 2.08. The highest BCUT2D eigenvalue weighted by Crippen LogP contribution is 2.13. The molecule has 1 rings (SSSR count). The number of imidazole rings is 1. The maximum absolute atomic E-state index is 10.4. The number of aryl methyl sites for hydroxylation is 2. The minimum atomic E-state index is -0.660. The second-order valence-electron chi connectivity index (χ2n) is 7.06. The third-order valence-corrected chi connectivity index (χ3v) is 4.96. The van der Waals surface area contributed by atoms with Crippen LogP contribution in [0.1, 0.15) is 95.0 Å². The molecule has 0 unspecified atom stereocenters. The van der Waals surface area contributed by atoms with Crippen LogP contribution in [0.25, 0.3) is 0 Å². The van der Waals surface area contributed by atoms with Gasteiger partial charge in [0.25, 0.3) is 5.82 Å². The van der Waals surface area contributed by atoms with Crippen molar-refractivity contribution in [1.82, 2.24) is 4.98 Å². The second kappa shape index (κ2) is 13.0. The average molecular weight is 338 g/mol. The lowest BCUT2D eigenvalue weighted by Gasteiger charge is -2.03. The molecule has 0 aliphatic carbocycles. The maximum atomic E-state index is 10.4. The van der Waals surface area contributed by atoms with Gasteiger partial charge in [-0.1, -0.05) is 64.2 Å².